The van der Waals surface area contributed by atoms with E-state index >= 15 is 0 Å². The summed E-state index contributed by atoms with van der Waals surface area (Å²) in [6.07, 6.45) is 1.55. The van der Waals surface area contributed by atoms with Crippen LogP contribution in [0.25, 0.3) is 11.2 Å². The van der Waals surface area contributed by atoms with Gasteiger partial charge in [0.15, 0.2) is 10.8 Å². The number of fused-ring (bicyclic) bond motifs is 1. The van der Waals surface area contributed by atoms with Gasteiger partial charge in [-0.2, -0.15) is 40.3 Å². The Morgan fingerprint density at radius 3 is 2.52 bits per heavy atom. The molecule has 0 unspecified atom stereocenters. The molecule has 2 N–H and O–H groups in total. The molecule has 5 nitrogen and oxygen atoms in total. The van der Waals surface area contributed by atoms with E-state index in [-0.39, 0.29) is 17.1 Å². The molecular formula is C16H14ClFeN5-2. The van der Waals surface area contributed by atoms with Crippen LogP contribution in [0.1, 0.15) is 5.56 Å². The first-order valence-corrected chi connectivity index (χ1v) is 7.18. The van der Waals surface area contributed by atoms with Gasteiger partial charge in [0.05, 0.1) is 6.33 Å². The number of rotatable bonds is 3. The van der Waals surface area contributed by atoms with Crippen LogP contribution in [0.15, 0.2) is 60.9 Å². The number of aromatic nitrogens is 4. The van der Waals surface area contributed by atoms with E-state index in [1.54, 1.807) is 6.33 Å². The van der Waals surface area contributed by atoms with Crippen molar-refractivity contribution in [1.29, 1.82) is 0 Å². The minimum absolute atomic E-state index is 0. The third kappa shape index (κ3) is 4.66. The van der Waals surface area contributed by atoms with Crippen LogP contribution in [0.2, 0.25) is 5.15 Å². The van der Waals surface area contributed by atoms with Crippen LogP contribution in [0, 0.1) is 0 Å². The van der Waals surface area contributed by atoms with Gasteiger partial charge in [-0.15, -0.1) is 5.56 Å². The molecule has 0 aliphatic carbocycles. The van der Waals surface area contributed by atoms with Crippen molar-refractivity contribution in [3.8, 4) is 0 Å². The van der Waals surface area contributed by atoms with Crippen LogP contribution in [-0.2, 0) is 23.6 Å². The van der Waals surface area contributed by atoms with Gasteiger partial charge in [-0.05, 0) is 6.54 Å². The zero-order valence-electron chi connectivity index (χ0n) is 12.1. The number of anilines is 1. The first-order chi connectivity index (χ1) is 10.8. The zero-order chi connectivity index (χ0) is 15.2. The van der Waals surface area contributed by atoms with E-state index in [0.29, 0.717) is 28.8 Å². The van der Waals surface area contributed by atoms with Crippen LogP contribution >= 0.6 is 11.6 Å². The summed E-state index contributed by atoms with van der Waals surface area (Å²) in [6, 6.07) is 18.0. The van der Waals surface area contributed by atoms with Gasteiger partial charge < -0.3 is 10.3 Å². The summed E-state index contributed by atoms with van der Waals surface area (Å²) in [5, 5.41) is 3.48. The van der Waals surface area contributed by atoms with Crippen molar-refractivity contribution in [2.24, 2.45) is 0 Å². The summed E-state index contributed by atoms with van der Waals surface area (Å²) < 4.78 is 0. The number of halogens is 1. The van der Waals surface area contributed by atoms with E-state index in [2.05, 4.69) is 25.3 Å². The Bertz CT molecular complexity index is 791. The summed E-state index contributed by atoms with van der Waals surface area (Å²) in [7, 11) is 0. The molecule has 0 spiro atoms. The average molecular weight is 368 g/mol. The number of imidazole rings is 1. The van der Waals surface area contributed by atoms with Crippen LogP contribution in [0.3, 0.4) is 0 Å². The molecular weight excluding hydrogens is 354 g/mol. The molecule has 0 saturated heterocycles. The number of nitrogens with one attached hydrogen (secondary N) is 2. The van der Waals surface area contributed by atoms with E-state index in [1.165, 1.54) is 5.56 Å². The number of H-pyrrole nitrogens is 1. The van der Waals surface area contributed by atoms with E-state index in [0.717, 1.165) is 0 Å². The van der Waals surface area contributed by atoms with Crippen molar-refractivity contribution in [1.82, 2.24) is 19.9 Å². The molecule has 2 aromatic heterocycles. The monoisotopic (exact) mass is 367 g/mol. The van der Waals surface area contributed by atoms with E-state index in [4.69, 9.17) is 11.6 Å². The fourth-order valence-electron chi connectivity index (χ4n) is 1.91. The Labute approximate surface area is 149 Å². The second-order valence-corrected chi connectivity index (χ2v) is 4.91. The normalized spacial score (nSPS) is 9.78. The standard InChI is InChI=1S/C11H9ClN5.C5H5.Fe/c12-9-8-10(15-6-14-8)17-11(16-9)13-5-7-3-1-2-4-7;1-2-4-5-3-1;/h1-4,6H,5H2,(H2,13,14,15,16,17);1-5H;/q2*-1;. The van der Waals surface area contributed by atoms with Gasteiger partial charge in [0.2, 0.25) is 5.95 Å². The van der Waals surface area contributed by atoms with Gasteiger partial charge in [-0.25, -0.2) is 29.2 Å². The Kier molecular flexibility index (Phi) is 6.35. The minimum atomic E-state index is 0. The molecule has 0 fully saturated rings. The van der Waals surface area contributed by atoms with Gasteiger partial charge in [0.1, 0.15) is 5.52 Å². The molecule has 0 atom stereocenters. The molecule has 0 saturated carbocycles. The number of aromatic amines is 1. The molecule has 0 radical (unpaired) electrons. The molecule has 2 heterocycles. The third-order valence-corrected chi connectivity index (χ3v) is 3.25. The smallest absolute Gasteiger partial charge is 0.225 e. The molecule has 120 valence electrons. The molecule has 0 amide bonds. The van der Waals surface area contributed by atoms with Crippen molar-refractivity contribution in [2.75, 3.05) is 5.32 Å². The Hall–Kier alpha value is -2.14. The summed E-state index contributed by atoms with van der Waals surface area (Å²) >= 11 is 6.00. The number of hydrogen-bond acceptors (Lipinski definition) is 4. The summed E-state index contributed by atoms with van der Waals surface area (Å²) in [5.74, 6) is 0.482. The van der Waals surface area contributed by atoms with Gasteiger partial charge in [-0.3, -0.25) is 0 Å². The molecule has 0 aliphatic rings. The van der Waals surface area contributed by atoms with Crippen molar-refractivity contribution in [3.63, 3.8) is 0 Å². The number of nitrogens with zero attached hydrogens (tertiary/aromatic N) is 3. The molecule has 7 heteroatoms. The fourth-order valence-corrected chi connectivity index (χ4v) is 2.13. The van der Waals surface area contributed by atoms with E-state index in [1.807, 2.05) is 54.6 Å². The molecule has 2 aromatic carbocycles. The van der Waals surface area contributed by atoms with Crippen molar-refractivity contribution < 1.29 is 17.1 Å². The second-order valence-electron chi connectivity index (χ2n) is 4.55. The first kappa shape index (κ1) is 17.2. The summed E-state index contributed by atoms with van der Waals surface area (Å²) in [6.45, 7) is 0.666. The van der Waals surface area contributed by atoms with Crippen LogP contribution in [-0.4, -0.2) is 19.9 Å². The Morgan fingerprint density at radius 2 is 1.87 bits per heavy atom. The predicted molar refractivity (Wildman–Crippen MR) is 88.1 cm³/mol. The molecule has 0 aliphatic heterocycles. The van der Waals surface area contributed by atoms with Crippen molar-refractivity contribution in [2.45, 2.75) is 6.54 Å². The van der Waals surface area contributed by atoms with Gasteiger partial charge in [0, 0.05) is 17.1 Å². The van der Waals surface area contributed by atoms with Crippen LogP contribution < -0.4 is 5.32 Å². The zero-order valence-corrected chi connectivity index (χ0v) is 13.9. The minimum Gasteiger partial charge on any atom is -0.361 e. The average Bonchev–Trinajstić information content (AvgIpc) is 3.26. The maximum absolute atomic E-state index is 6.00. The first-order valence-electron chi connectivity index (χ1n) is 6.81. The van der Waals surface area contributed by atoms with Gasteiger partial charge in [-0.1, -0.05) is 11.6 Å². The SMILES string of the molecule is Clc1nc(NC[c-]2cccc2)nc2nc[nH]c12.[Fe].c1cc[cH-]c1. The summed E-state index contributed by atoms with van der Waals surface area (Å²) in [4.78, 5) is 15.3. The molecule has 23 heavy (non-hydrogen) atoms. The Balaban J connectivity index is 0.000000276. The van der Waals surface area contributed by atoms with Crippen LogP contribution in [0.4, 0.5) is 5.95 Å². The Morgan fingerprint density at radius 1 is 1.13 bits per heavy atom. The van der Waals surface area contributed by atoms with Crippen molar-refractivity contribution >= 4 is 28.7 Å². The van der Waals surface area contributed by atoms with Crippen LogP contribution in [0.5, 0.6) is 0 Å². The number of hydrogen-bond donors (Lipinski definition) is 2. The maximum atomic E-state index is 6.00. The van der Waals surface area contributed by atoms with Crippen molar-refractivity contribution in [3.05, 3.63) is 71.6 Å². The van der Waals surface area contributed by atoms with E-state index < -0.39 is 0 Å². The predicted octanol–water partition coefficient (Wildman–Crippen LogP) is 3.74. The largest absolute Gasteiger partial charge is 0.361 e. The summed E-state index contributed by atoms with van der Waals surface area (Å²) in [5.41, 5.74) is 2.40. The second kappa shape index (κ2) is 8.48. The molecule has 4 aromatic rings. The van der Waals surface area contributed by atoms with Gasteiger partial charge >= 0.3 is 0 Å². The molecule has 4 rings (SSSR count). The molecule has 0 bridgehead atoms. The maximum Gasteiger partial charge on any atom is 0.225 e. The quantitative estimate of drug-likeness (QED) is 0.329. The van der Waals surface area contributed by atoms with E-state index in [9.17, 15) is 0 Å². The third-order valence-electron chi connectivity index (χ3n) is 2.98. The fraction of sp³-hybridized carbons (Fsp3) is 0.0625. The van der Waals surface area contributed by atoms with Gasteiger partial charge in [0.25, 0.3) is 0 Å². The topological polar surface area (TPSA) is 66.5 Å².